The van der Waals surface area contributed by atoms with Crippen LogP contribution >= 0.6 is 23.8 Å². The van der Waals surface area contributed by atoms with Crippen molar-refractivity contribution in [1.82, 2.24) is 5.32 Å². The van der Waals surface area contributed by atoms with E-state index in [1.807, 2.05) is 13.0 Å². The van der Waals surface area contributed by atoms with Crippen LogP contribution in [0.2, 0.25) is 5.02 Å². The number of anilines is 1. The summed E-state index contributed by atoms with van der Waals surface area (Å²) in [6, 6.07) is 10.7. The highest BCUT2D eigenvalue weighted by atomic mass is 35.5. The molecule has 0 atom stereocenters. The topological polar surface area (TPSA) is 50.8 Å². The second-order valence-electron chi connectivity index (χ2n) is 5.67. The summed E-state index contributed by atoms with van der Waals surface area (Å²) in [4.78, 5) is 14.3. The van der Waals surface area contributed by atoms with E-state index in [1.54, 1.807) is 50.6 Å². The first kappa shape index (κ1) is 18.2. The first-order chi connectivity index (χ1) is 12.4. The Kier molecular flexibility index (Phi) is 5.15. The van der Waals surface area contributed by atoms with Gasteiger partial charge >= 0.3 is 0 Å². The van der Waals surface area contributed by atoms with Crippen molar-refractivity contribution < 1.29 is 14.3 Å². The molecule has 1 fully saturated rings. The fraction of sp³-hybridized carbons (Fsp3) is 0.158. The van der Waals surface area contributed by atoms with Crippen molar-refractivity contribution in [2.24, 2.45) is 0 Å². The maximum atomic E-state index is 12.9. The fourth-order valence-corrected chi connectivity index (χ4v) is 3.25. The highest BCUT2D eigenvalue weighted by Crippen LogP contribution is 2.30. The number of hydrogen-bond donors (Lipinski definition) is 1. The minimum Gasteiger partial charge on any atom is -0.493 e. The van der Waals surface area contributed by atoms with Gasteiger partial charge in [-0.3, -0.25) is 9.69 Å². The van der Waals surface area contributed by atoms with Gasteiger partial charge in [0.2, 0.25) is 0 Å². The van der Waals surface area contributed by atoms with E-state index >= 15 is 0 Å². The summed E-state index contributed by atoms with van der Waals surface area (Å²) in [7, 11) is 3.14. The van der Waals surface area contributed by atoms with Gasteiger partial charge in [0.25, 0.3) is 5.91 Å². The predicted molar refractivity (Wildman–Crippen MR) is 107 cm³/mol. The quantitative estimate of drug-likeness (QED) is 0.635. The van der Waals surface area contributed by atoms with Gasteiger partial charge in [0.1, 0.15) is 5.70 Å². The Hall–Kier alpha value is -2.57. The van der Waals surface area contributed by atoms with Crippen LogP contribution in [0.15, 0.2) is 42.1 Å². The molecule has 0 bridgehead atoms. The predicted octanol–water partition coefficient (Wildman–Crippen LogP) is 3.93. The maximum Gasteiger partial charge on any atom is 0.281 e. The second kappa shape index (κ2) is 7.35. The van der Waals surface area contributed by atoms with Crippen molar-refractivity contribution in [2.75, 3.05) is 19.1 Å². The molecule has 26 heavy (non-hydrogen) atoms. The van der Waals surface area contributed by atoms with Crippen molar-refractivity contribution in [3.8, 4) is 11.5 Å². The van der Waals surface area contributed by atoms with Gasteiger partial charge in [0.15, 0.2) is 16.6 Å². The number of nitrogens with one attached hydrogen (secondary N) is 1. The number of amides is 1. The molecule has 2 aromatic rings. The van der Waals surface area contributed by atoms with Gasteiger partial charge < -0.3 is 14.8 Å². The van der Waals surface area contributed by atoms with Crippen LogP contribution in [-0.4, -0.2) is 25.2 Å². The molecule has 1 N–H and O–H groups in total. The number of methoxy groups -OCH3 is 2. The van der Waals surface area contributed by atoms with Crippen molar-refractivity contribution in [2.45, 2.75) is 6.92 Å². The zero-order chi connectivity index (χ0) is 18.8. The molecule has 0 aromatic heterocycles. The number of rotatable bonds is 4. The van der Waals surface area contributed by atoms with Crippen LogP contribution in [-0.2, 0) is 4.79 Å². The molecule has 0 spiro atoms. The molecule has 134 valence electrons. The summed E-state index contributed by atoms with van der Waals surface area (Å²) in [5.74, 6) is 0.977. The van der Waals surface area contributed by atoms with Crippen LogP contribution in [0.25, 0.3) is 6.08 Å². The summed E-state index contributed by atoms with van der Waals surface area (Å²) in [5, 5.41) is 3.91. The average molecular weight is 389 g/mol. The third-order valence-electron chi connectivity index (χ3n) is 4.00. The molecule has 1 aliphatic rings. The fourth-order valence-electron chi connectivity index (χ4n) is 2.73. The number of halogens is 1. The summed E-state index contributed by atoms with van der Waals surface area (Å²) in [5.41, 5.74) is 2.74. The van der Waals surface area contributed by atoms with Crippen LogP contribution in [0.1, 0.15) is 11.1 Å². The van der Waals surface area contributed by atoms with Crippen LogP contribution in [0.3, 0.4) is 0 Å². The molecule has 3 rings (SSSR count). The zero-order valence-electron chi connectivity index (χ0n) is 14.5. The first-order valence-electron chi connectivity index (χ1n) is 7.80. The van der Waals surface area contributed by atoms with Gasteiger partial charge in [0.05, 0.1) is 19.9 Å². The largest absolute Gasteiger partial charge is 0.493 e. The molecule has 1 aliphatic heterocycles. The SMILES string of the molecule is COc1ccc(/C=C2\NC(=S)N(c3ccc(Cl)cc3C)C2=O)cc1OC. The van der Waals surface area contributed by atoms with Crippen LogP contribution in [0, 0.1) is 6.92 Å². The summed E-state index contributed by atoms with van der Waals surface area (Å²) >= 11 is 11.3. The molecule has 1 saturated heterocycles. The van der Waals surface area contributed by atoms with Gasteiger partial charge in [-0.25, -0.2) is 0 Å². The lowest BCUT2D eigenvalue weighted by atomic mass is 10.1. The Morgan fingerprint density at radius 2 is 1.85 bits per heavy atom. The Balaban J connectivity index is 1.95. The molecular weight excluding hydrogens is 372 g/mol. The monoisotopic (exact) mass is 388 g/mol. The van der Waals surface area contributed by atoms with E-state index in [4.69, 9.17) is 33.3 Å². The summed E-state index contributed by atoms with van der Waals surface area (Å²) in [6.07, 6.45) is 1.72. The van der Waals surface area contributed by atoms with E-state index in [1.165, 1.54) is 4.90 Å². The zero-order valence-corrected chi connectivity index (χ0v) is 16.1. The minimum atomic E-state index is -0.227. The standard InChI is InChI=1S/C19H17ClN2O3S/c1-11-8-13(20)5-6-15(11)22-18(23)14(21-19(22)26)9-12-4-7-16(24-2)17(10-12)25-3/h4-10H,1-3H3,(H,21,26)/b14-9-. The maximum absolute atomic E-state index is 12.9. The van der Waals surface area contributed by atoms with Crippen molar-refractivity contribution in [3.05, 3.63) is 58.2 Å². The van der Waals surface area contributed by atoms with Gasteiger partial charge in [-0.15, -0.1) is 0 Å². The molecule has 1 amide bonds. The first-order valence-corrected chi connectivity index (χ1v) is 8.58. The van der Waals surface area contributed by atoms with E-state index in [0.29, 0.717) is 33.0 Å². The Bertz CT molecular complexity index is 927. The highest BCUT2D eigenvalue weighted by Gasteiger charge is 2.32. The van der Waals surface area contributed by atoms with Crippen molar-refractivity contribution in [3.63, 3.8) is 0 Å². The minimum absolute atomic E-state index is 0.227. The van der Waals surface area contributed by atoms with Gasteiger partial charge in [0, 0.05) is 5.02 Å². The number of aryl methyl sites for hydroxylation is 1. The highest BCUT2D eigenvalue weighted by molar-refractivity contribution is 7.80. The molecular formula is C19H17ClN2O3S. The lowest BCUT2D eigenvalue weighted by molar-refractivity contribution is -0.113. The lowest BCUT2D eigenvalue weighted by Crippen LogP contribution is -2.30. The van der Waals surface area contributed by atoms with E-state index in [0.717, 1.165) is 11.1 Å². The number of hydrogen-bond acceptors (Lipinski definition) is 4. The Labute approximate surface area is 162 Å². The molecule has 5 nitrogen and oxygen atoms in total. The summed E-state index contributed by atoms with van der Waals surface area (Å²) in [6.45, 7) is 1.88. The number of carbonyl (C=O) groups excluding carboxylic acids is 1. The molecule has 0 unspecified atom stereocenters. The van der Waals surface area contributed by atoms with Gasteiger partial charge in [-0.1, -0.05) is 17.7 Å². The van der Waals surface area contributed by atoms with E-state index < -0.39 is 0 Å². The second-order valence-corrected chi connectivity index (χ2v) is 6.50. The normalized spacial score (nSPS) is 15.4. The molecule has 7 heteroatoms. The van der Waals surface area contributed by atoms with E-state index in [9.17, 15) is 4.79 Å². The van der Waals surface area contributed by atoms with E-state index in [2.05, 4.69) is 5.32 Å². The van der Waals surface area contributed by atoms with Crippen LogP contribution in [0.4, 0.5) is 5.69 Å². The van der Waals surface area contributed by atoms with Gasteiger partial charge in [-0.05, 0) is 66.7 Å². The smallest absolute Gasteiger partial charge is 0.281 e. The third kappa shape index (κ3) is 3.38. The average Bonchev–Trinajstić information content (AvgIpc) is 2.89. The number of thiocarbonyl (C=S) groups is 1. The Morgan fingerprint density at radius 3 is 2.50 bits per heavy atom. The van der Waals surface area contributed by atoms with E-state index in [-0.39, 0.29) is 5.91 Å². The van der Waals surface area contributed by atoms with Crippen LogP contribution < -0.4 is 19.7 Å². The Morgan fingerprint density at radius 1 is 1.12 bits per heavy atom. The third-order valence-corrected chi connectivity index (χ3v) is 4.52. The van der Waals surface area contributed by atoms with Crippen molar-refractivity contribution in [1.29, 1.82) is 0 Å². The molecule has 1 heterocycles. The lowest BCUT2D eigenvalue weighted by Gasteiger charge is -2.16. The number of benzene rings is 2. The molecule has 0 radical (unpaired) electrons. The number of ether oxygens (including phenoxy) is 2. The van der Waals surface area contributed by atoms with Crippen LogP contribution in [0.5, 0.6) is 11.5 Å². The van der Waals surface area contributed by atoms with Gasteiger partial charge in [-0.2, -0.15) is 0 Å². The summed E-state index contributed by atoms with van der Waals surface area (Å²) < 4.78 is 10.5. The molecule has 0 saturated carbocycles. The molecule has 0 aliphatic carbocycles. The number of carbonyl (C=O) groups is 1. The van der Waals surface area contributed by atoms with Crippen molar-refractivity contribution >= 4 is 46.6 Å². The number of nitrogens with zero attached hydrogens (tertiary/aromatic N) is 1. The molecule has 2 aromatic carbocycles.